The molecule has 0 amide bonds. The van der Waals surface area contributed by atoms with Crippen molar-refractivity contribution in [1.29, 1.82) is 0 Å². The van der Waals surface area contributed by atoms with Gasteiger partial charge in [0.2, 0.25) is 0 Å². The Morgan fingerprint density at radius 3 is 2.56 bits per heavy atom. The molecule has 0 N–H and O–H groups in total. The van der Waals surface area contributed by atoms with E-state index in [1.54, 1.807) is 19.1 Å². The molecule has 0 bridgehead atoms. The minimum atomic E-state index is -4.19. The Balaban J connectivity index is 2.41. The molecule has 0 saturated carbocycles. The Bertz CT molecular complexity index is 346. The summed E-state index contributed by atoms with van der Waals surface area (Å²) in [6.45, 7) is 1.43. The summed E-state index contributed by atoms with van der Waals surface area (Å²) in [5.74, 6) is -0.517. The van der Waals surface area contributed by atoms with Gasteiger partial charge in [0.15, 0.2) is 11.6 Å². The van der Waals surface area contributed by atoms with Gasteiger partial charge in [0, 0.05) is 6.42 Å². The molecular formula is C11H12F4O. The maximum atomic E-state index is 13.3. The zero-order chi connectivity index (χ0) is 12.2. The van der Waals surface area contributed by atoms with E-state index in [1.165, 1.54) is 6.07 Å². The van der Waals surface area contributed by atoms with Gasteiger partial charge in [0.25, 0.3) is 0 Å². The second-order valence-corrected chi connectivity index (χ2v) is 3.45. The molecule has 0 heterocycles. The van der Waals surface area contributed by atoms with E-state index in [0.717, 1.165) is 0 Å². The fourth-order valence-electron chi connectivity index (χ4n) is 1.19. The molecule has 0 aliphatic rings. The zero-order valence-electron chi connectivity index (χ0n) is 8.77. The fraction of sp³-hybridized carbons (Fsp3) is 0.455. The van der Waals surface area contributed by atoms with Gasteiger partial charge in [0.05, 0.1) is 6.61 Å². The van der Waals surface area contributed by atoms with Gasteiger partial charge in [-0.2, -0.15) is 13.2 Å². The van der Waals surface area contributed by atoms with Crippen molar-refractivity contribution in [2.75, 3.05) is 6.61 Å². The van der Waals surface area contributed by atoms with Crippen LogP contribution in [0.25, 0.3) is 0 Å². The molecule has 0 saturated heterocycles. The average molecular weight is 236 g/mol. The topological polar surface area (TPSA) is 9.23 Å². The van der Waals surface area contributed by atoms with E-state index in [2.05, 4.69) is 0 Å². The molecule has 1 nitrogen and oxygen atoms in total. The van der Waals surface area contributed by atoms with E-state index in [0.29, 0.717) is 5.56 Å². The summed E-state index contributed by atoms with van der Waals surface area (Å²) in [5.41, 5.74) is 0.410. The summed E-state index contributed by atoms with van der Waals surface area (Å²) >= 11 is 0. The molecule has 5 heteroatoms. The maximum Gasteiger partial charge on any atom is 0.389 e. The monoisotopic (exact) mass is 236 g/mol. The van der Waals surface area contributed by atoms with Crippen LogP contribution >= 0.6 is 0 Å². The molecule has 0 spiro atoms. The van der Waals surface area contributed by atoms with Gasteiger partial charge < -0.3 is 4.74 Å². The minimum Gasteiger partial charge on any atom is -0.491 e. The highest BCUT2D eigenvalue weighted by molar-refractivity contribution is 5.29. The number of halogens is 4. The number of hydrogen-bond donors (Lipinski definition) is 0. The quantitative estimate of drug-likeness (QED) is 0.569. The van der Waals surface area contributed by atoms with Crippen LogP contribution in [0.3, 0.4) is 0 Å². The third-order valence-corrected chi connectivity index (χ3v) is 2.02. The van der Waals surface area contributed by atoms with Crippen molar-refractivity contribution < 1.29 is 22.3 Å². The van der Waals surface area contributed by atoms with E-state index in [-0.39, 0.29) is 18.8 Å². The van der Waals surface area contributed by atoms with E-state index >= 15 is 0 Å². The summed E-state index contributed by atoms with van der Waals surface area (Å²) < 4.78 is 53.6. The molecular weight excluding hydrogens is 224 g/mol. The highest BCUT2D eigenvalue weighted by Crippen LogP contribution is 2.23. The van der Waals surface area contributed by atoms with E-state index < -0.39 is 18.4 Å². The van der Waals surface area contributed by atoms with Crippen LogP contribution in [0, 0.1) is 12.7 Å². The molecule has 0 aliphatic carbocycles. The van der Waals surface area contributed by atoms with Crippen LogP contribution in [0.1, 0.15) is 18.4 Å². The summed E-state index contributed by atoms with van der Waals surface area (Å²) in [6.07, 6.45) is -5.27. The molecule has 0 atom stereocenters. The van der Waals surface area contributed by atoms with Crippen molar-refractivity contribution in [3.8, 4) is 5.75 Å². The predicted molar refractivity (Wildman–Crippen MR) is 51.9 cm³/mol. The van der Waals surface area contributed by atoms with Crippen molar-refractivity contribution in [2.24, 2.45) is 0 Å². The minimum absolute atomic E-state index is 0.00201. The van der Waals surface area contributed by atoms with Crippen molar-refractivity contribution in [3.63, 3.8) is 0 Å². The van der Waals surface area contributed by atoms with E-state index in [9.17, 15) is 17.6 Å². The van der Waals surface area contributed by atoms with E-state index in [1.807, 2.05) is 0 Å². The first kappa shape index (κ1) is 12.8. The van der Waals surface area contributed by atoms with Gasteiger partial charge in [-0.3, -0.25) is 0 Å². The lowest BCUT2D eigenvalue weighted by Crippen LogP contribution is -2.10. The van der Waals surface area contributed by atoms with Crippen molar-refractivity contribution in [1.82, 2.24) is 0 Å². The molecule has 0 unspecified atom stereocenters. The molecule has 0 aliphatic heterocycles. The van der Waals surface area contributed by atoms with Crippen LogP contribution in [0.4, 0.5) is 17.6 Å². The molecule has 1 aromatic rings. The second kappa shape index (κ2) is 5.18. The third-order valence-electron chi connectivity index (χ3n) is 2.02. The summed E-state index contributed by atoms with van der Waals surface area (Å²) in [7, 11) is 0. The first-order valence-electron chi connectivity index (χ1n) is 4.85. The van der Waals surface area contributed by atoms with Gasteiger partial charge in [0.1, 0.15) is 0 Å². The van der Waals surface area contributed by atoms with Crippen molar-refractivity contribution in [3.05, 3.63) is 29.6 Å². The van der Waals surface area contributed by atoms with Crippen LogP contribution in [-0.4, -0.2) is 12.8 Å². The Hall–Kier alpha value is -1.26. The van der Waals surface area contributed by atoms with Gasteiger partial charge in [-0.15, -0.1) is 0 Å². The molecule has 0 fully saturated rings. The first-order chi connectivity index (χ1) is 7.40. The predicted octanol–water partition coefficient (Wildman–Crippen LogP) is 3.86. The third kappa shape index (κ3) is 4.08. The molecule has 16 heavy (non-hydrogen) atoms. The number of benzene rings is 1. The zero-order valence-corrected chi connectivity index (χ0v) is 8.77. The standard InChI is InChI=1S/C11H12F4O/c1-8-4-2-5-9(10(8)12)16-7-3-6-11(13,14)15/h2,4-5H,3,6-7H2,1H3. The van der Waals surface area contributed by atoms with Crippen LogP contribution in [0.2, 0.25) is 0 Å². The number of ether oxygens (including phenoxy) is 1. The maximum absolute atomic E-state index is 13.3. The number of alkyl halides is 3. The summed E-state index contributed by atoms with van der Waals surface area (Å²) in [4.78, 5) is 0. The fourth-order valence-corrected chi connectivity index (χ4v) is 1.19. The molecule has 0 radical (unpaired) electrons. The van der Waals surface area contributed by atoms with E-state index in [4.69, 9.17) is 4.74 Å². The van der Waals surface area contributed by atoms with Crippen LogP contribution < -0.4 is 4.74 Å². The lowest BCUT2D eigenvalue weighted by molar-refractivity contribution is -0.136. The Morgan fingerprint density at radius 1 is 1.25 bits per heavy atom. The number of rotatable bonds is 4. The van der Waals surface area contributed by atoms with Crippen LogP contribution in [0.5, 0.6) is 5.75 Å². The normalized spacial score (nSPS) is 11.6. The smallest absolute Gasteiger partial charge is 0.389 e. The van der Waals surface area contributed by atoms with Crippen molar-refractivity contribution in [2.45, 2.75) is 25.9 Å². The number of hydrogen-bond acceptors (Lipinski definition) is 1. The average Bonchev–Trinajstić information content (AvgIpc) is 2.17. The van der Waals surface area contributed by atoms with Crippen molar-refractivity contribution >= 4 is 0 Å². The van der Waals surface area contributed by atoms with Gasteiger partial charge in [-0.05, 0) is 25.0 Å². The second-order valence-electron chi connectivity index (χ2n) is 3.45. The molecule has 1 rings (SSSR count). The molecule has 1 aromatic carbocycles. The Labute approximate surface area is 91.0 Å². The van der Waals surface area contributed by atoms with Gasteiger partial charge in [-0.1, -0.05) is 12.1 Å². The van der Waals surface area contributed by atoms with Gasteiger partial charge >= 0.3 is 6.18 Å². The lowest BCUT2D eigenvalue weighted by atomic mass is 10.2. The number of aryl methyl sites for hydroxylation is 1. The highest BCUT2D eigenvalue weighted by atomic mass is 19.4. The summed E-state index contributed by atoms with van der Waals surface area (Å²) in [6, 6.07) is 4.56. The van der Waals surface area contributed by atoms with Crippen LogP contribution in [0.15, 0.2) is 18.2 Å². The first-order valence-corrected chi connectivity index (χ1v) is 4.85. The molecule has 0 aromatic heterocycles. The highest BCUT2D eigenvalue weighted by Gasteiger charge is 2.26. The summed E-state index contributed by atoms with van der Waals surface area (Å²) in [5, 5.41) is 0. The largest absolute Gasteiger partial charge is 0.491 e. The van der Waals surface area contributed by atoms with Crippen LogP contribution in [-0.2, 0) is 0 Å². The SMILES string of the molecule is Cc1cccc(OCCCC(F)(F)F)c1F. The molecule has 90 valence electrons. The lowest BCUT2D eigenvalue weighted by Gasteiger charge is -2.09. The Morgan fingerprint density at radius 2 is 1.94 bits per heavy atom. The van der Waals surface area contributed by atoms with Gasteiger partial charge in [-0.25, -0.2) is 4.39 Å². The Kier molecular flexibility index (Phi) is 4.15.